The van der Waals surface area contributed by atoms with Gasteiger partial charge in [-0.1, -0.05) is 20.3 Å². The van der Waals surface area contributed by atoms with E-state index in [2.05, 4.69) is 18.7 Å². The molecule has 1 N–H and O–H groups in total. The number of aliphatic hydroxyl groups excluding tert-OH is 1. The highest BCUT2D eigenvalue weighted by molar-refractivity contribution is 4.78. The number of aliphatic hydroxyl groups is 1. The molecule has 2 heteroatoms. The Labute approximate surface area is 81.9 Å². The van der Waals surface area contributed by atoms with Gasteiger partial charge in [0.25, 0.3) is 0 Å². The van der Waals surface area contributed by atoms with Crippen molar-refractivity contribution in [3.05, 3.63) is 0 Å². The van der Waals surface area contributed by atoms with E-state index in [1.54, 1.807) is 0 Å². The van der Waals surface area contributed by atoms with E-state index in [1.165, 1.54) is 19.4 Å². The maximum Gasteiger partial charge on any atom is 0.0592 e. The summed E-state index contributed by atoms with van der Waals surface area (Å²) in [5, 5.41) is 9.69. The van der Waals surface area contributed by atoms with Crippen LogP contribution < -0.4 is 0 Å². The molecular formula is C11H23NO. The van der Waals surface area contributed by atoms with Crippen LogP contribution in [0.4, 0.5) is 0 Å². The molecule has 0 aliphatic carbocycles. The fraction of sp³-hybridized carbons (Fsp3) is 1.00. The van der Waals surface area contributed by atoms with Crippen molar-refractivity contribution in [3.63, 3.8) is 0 Å². The summed E-state index contributed by atoms with van der Waals surface area (Å²) in [7, 11) is 0. The Morgan fingerprint density at radius 2 is 2.15 bits per heavy atom. The van der Waals surface area contributed by atoms with Gasteiger partial charge in [0.15, 0.2) is 0 Å². The SMILES string of the molecule is CCCCN1CCC(O)C(CC)C1. The molecule has 1 fully saturated rings. The molecule has 1 rings (SSSR count). The predicted molar refractivity (Wildman–Crippen MR) is 55.8 cm³/mol. The van der Waals surface area contributed by atoms with E-state index in [-0.39, 0.29) is 6.10 Å². The van der Waals surface area contributed by atoms with E-state index < -0.39 is 0 Å². The average Bonchev–Trinajstić information content (AvgIpc) is 2.16. The maximum absolute atomic E-state index is 9.69. The summed E-state index contributed by atoms with van der Waals surface area (Å²) in [6.45, 7) is 7.84. The van der Waals surface area contributed by atoms with Gasteiger partial charge in [-0.05, 0) is 31.7 Å². The zero-order chi connectivity index (χ0) is 9.68. The standard InChI is InChI=1S/C11H23NO/c1-3-5-7-12-8-6-11(13)10(4-2)9-12/h10-11,13H,3-9H2,1-2H3. The van der Waals surface area contributed by atoms with Gasteiger partial charge in [-0.2, -0.15) is 0 Å². The molecule has 0 aromatic heterocycles. The molecule has 2 unspecified atom stereocenters. The van der Waals surface area contributed by atoms with Crippen molar-refractivity contribution in [3.8, 4) is 0 Å². The van der Waals surface area contributed by atoms with Gasteiger partial charge in [0.1, 0.15) is 0 Å². The first-order valence-electron chi connectivity index (χ1n) is 5.68. The maximum atomic E-state index is 9.69. The topological polar surface area (TPSA) is 23.5 Å². The Morgan fingerprint density at radius 1 is 1.38 bits per heavy atom. The Bertz CT molecular complexity index is 136. The highest BCUT2D eigenvalue weighted by Gasteiger charge is 2.25. The van der Waals surface area contributed by atoms with Crippen LogP contribution in [0.1, 0.15) is 39.5 Å². The van der Waals surface area contributed by atoms with Gasteiger partial charge in [0.2, 0.25) is 0 Å². The summed E-state index contributed by atoms with van der Waals surface area (Å²) < 4.78 is 0. The van der Waals surface area contributed by atoms with Crippen LogP contribution in [0.2, 0.25) is 0 Å². The van der Waals surface area contributed by atoms with Gasteiger partial charge in [0.05, 0.1) is 6.10 Å². The Balaban J connectivity index is 2.27. The first kappa shape index (κ1) is 11.0. The summed E-state index contributed by atoms with van der Waals surface area (Å²) >= 11 is 0. The van der Waals surface area contributed by atoms with Crippen LogP contribution in [0.25, 0.3) is 0 Å². The van der Waals surface area contributed by atoms with Crippen LogP contribution in [-0.2, 0) is 0 Å². The number of piperidine rings is 1. The smallest absolute Gasteiger partial charge is 0.0592 e. The molecule has 1 aliphatic rings. The van der Waals surface area contributed by atoms with E-state index in [9.17, 15) is 5.11 Å². The van der Waals surface area contributed by atoms with E-state index in [1.807, 2.05) is 0 Å². The van der Waals surface area contributed by atoms with Gasteiger partial charge in [0, 0.05) is 13.1 Å². The molecule has 0 aromatic rings. The van der Waals surface area contributed by atoms with Gasteiger partial charge < -0.3 is 10.0 Å². The number of rotatable bonds is 4. The number of hydrogen-bond donors (Lipinski definition) is 1. The molecular weight excluding hydrogens is 162 g/mol. The molecule has 78 valence electrons. The minimum atomic E-state index is -0.0390. The Morgan fingerprint density at radius 3 is 2.77 bits per heavy atom. The van der Waals surface area contributed by atoms with E-state index in [0.29, 0.717) is 5.92 Å². The summed E-state index contributed by atoms with van der Waals surface area (Å²) in [6.07, 6.45) is 4.62. The number of unbranched alkanes of at least 4 members (excludes halogenated alkanes) is 1. The largest absolute Gasteiger partial charge is 0.393 e. The summed E-state index contributed by atoms with van der Waals surface area (Å²) in [5.74, 6) is 0.519. The lowest BCUT2D eigenvalue weighted by Gasteiger charge is -2.35. The molecule has 1 aliphatic heterocycles. The molecule has 2 nitrogen and oxygen atoms in total. The highest BCUT2D eigenvalue weighted by Crippen LogP contribution is 2.20. The molecule has 2 atom stereocenters. The number of likely N-dealkylation sites (tertiary alicyclic amines) is 1. The molecule has 0 bridgehead atoms. The van der Waals surface area contributed by atoms with E-state index in [0.717, 1.165) is 25.9 Å². The van der Waals surface area contributed by atoms with Crippen molar-refractivity contribution in [1.29, 1.82) is 0 Å². The molecule has 0 aromatic carbocycles. The minimum absolute atomic E-state index is 0.0390. The van der Waals surface area contributed by atoms with Crippen LogP contribution in [0.5, 0.6) is 0 Å². The summed E-state index contributed by atoms with van der Waals surface area (Å²) in [4.78, 5) is 2.50. The van der Waals surface area contributed by atoms with Crippen molar-refractivity contribution in [1.82, 2.24) is 4.90 Å². The number of nitrogens with zero attached hydrogens (tertiary/aromatic N) is 1. The van der Waals surface area contributed by atoms with Crippen molar-refractivity contribution >= 4 is 0 Å². The number of hydrogen-bond acceptors (Lipinski definition) is 2. The van der Waals surface area contributed by atoms with Crippen LogP contribution in [-0.4, -0.2) is 35.7 Å². The molecule has 1 saturated heterocycles. The molecule has 0 radical (unpaired) electrons. The Kier molecular flexibility index (Phi) is 4.74. The van der Waals surface area contributed by atoms with Crippen molar-refractivity contribution in [2.75, 3.05) is 19.6 Å². The highest BCUT2D eigenvalue weighted by atomic mass is 16.3. The third-order valence-corrected chi connectivity index (χ3v) is 3.13. The molecule has 1 heterocycles. The predicted octanol–water partition coefficient (Wildman–Crippen LogP) is 1.88. The molecule has 0 amide bonds. The van der Waals surface area contributed by atoms with Gasteiger partial charge in [-0.3, -0.25) is 0 Å². The third kappa shape index (κ3) is 3.28. The van der Waals surface area contributed by atoms with Gasteiger partial charge in [-0.15, -0.1) is 0 Å². The normalized spacial score (nSPS) is 30.7. The van der Waals surface area contributed by atoms with Crippen LogP contribution in [0.3, 0.4) is 0 Å². The monoisotopic (exact) mass is 185 g/mol. The van der Waals surface area contributed by atoms with Gasteiger partial charge >= 0.3 is 0 Å². The fourth-order valence-electron chi connectivity index (χ4n) is 2.08. The Hall–Kier alpha value is -0.0800. The quantitative estimate of drug-likeness (QED) is 0.723. The second kappa shape index (κ2) is 5.61. The first-order chi connectivity index (χ1) is 6.27. The van der Waals surface area contributed by atoms with Crippen molar-refractivity contribution in [2.45, 2.75) is 45.6 Å². The second-order valence-corrected chi connectivity index (χ2v) is 4.18. The van der Waals surface area contributed by atoms with E-state index in [4.69, 9.17) is 0 Å². The molecule has 0 spiro atoms. The van der Waals surface area contributed by atoms with Crippen LogP contribution >= 0.6 is 0 Å². The summed E-state index contributed by atoms with van der Waals surface area (Å²) in [5.41, 5.74) is 0. The van der Waals surface area contributed by atoms with Crippen LogP contribution in [0, 0.1) is 5.92 Å². The molecule has 0 saturated carbocycles. The lowest BCUT2D eigenvalue weighted by Crippen LogP contribution is -2.43. The van der Waals surface area contributed by atoms with Crippen molar-refractivity contribution < 1.29 is 5.11 Å². The fourth-order valence-corrected chi connectivity index (χ4v) is 2.08. The minimum Gasteiger partial charge on any atom is -0.393 e. The summed E-state index contributed by atoms with van der Waals surface area (Å²) in [6, 6.07) is 0. The first-order valence-corrected chi connectivity index (χ1v) is 5.68. The second-order valence-electron chi connectivity index (χ2n) is 4.18. The molecule has 13 heavy (non-hydrogen) atoms. The average molecular weight is 185 g/mol. The third-order valence-electron chi connectivity index (χ3n) is 3.13. The zero-order valence-electron chi connectivity index (χ0n) is 9.00. The zero-order valence-corrected chi connectivity index (χ0v) is 9.00. The van der Waals surface area contributed by atoms with E-state index >= 15 is 0 Å². The van der Waals surface area contributed by atoms with Gasteiger partial charge in [-0.25, -0.2) is 0 Å². The van der Waals surface area contributed by atoms with Crippen molar-refractivity contribution in [2.24, 2.45) is 5.92 Å². The lowest BCUT2D eigenvalue weighted by molar-refractivity contribution is 0.0248. The lowest BCUT2D eigenvalue weighted by atomic mass is 9.92. The van der Waals surface area contributed by atoms with Crippen LogP contribution in [0.15, 0.2) is 0 Å².